The Morgan fingerprint density at radius 3 is 2.25 bits per heavy atom. The first kappa shape index (κ1) is 30.6. The summed E-state index contributed by atoms with van der Waals surface area (Å²) < 4.78 is 7.33. The largest absolute Gasteiger partial charge is 0.414 e. The summed E-state index contributed by atoms with van der Waals surface area (Å²) in [5.74, 6) is 5.77. The Kier molecular flexibility index (Phi) is 8.65. The van der Waals surface area contributed by atoms with E-state index in [1.54, 1.807) is 0 Å². The summed E-state index contributed by atoms with van der Waals surface area (Å²) in [6.45, 7) is 19.9. The summed E-state index contributed by atoms with van der Waals surface area (Å²) in [5.41, 5.74) is 6.11. The topological polar surface area (TPSA) is 67.4 Å². The van der Waals surface area contributed by atoms with Crippen LogP contribution in [0.3, 0.4) is 0 Å². The maximum Gasteiger partial charge on any atom is 0.241 e. The number of hydrogen-bond acceptors (Lipinski definition) is 3. The average Bonchev–Trinajstić information content (AvgIpc) is 3.67. The van der Waals surface area contributed by atoms with Crippen molar-refractivity contribution in [2.45, 2.75) is 137 Å². The van der Waals surface area contributed by atoms with Crippen molar-refractivity contribution in [1.82, 2.24) is 10.9 Å². The Bertz CT molecular complexity index is 946. The molecule has 0 spiro atoms. The molecule has 5 fully saturated rings. The predicted octanol–water partition coefficient (Wildman–Crippen LogP) is 7.72. The minimum Gasteiger partial charge on any atom is -0.414 e. The van der Waals surface area contributed by atoms with Gasteiger partial charge in [0, 0.05) is 12.3 Å². The highest BCUT2D eigenvalue weighted by molar-refractivity contribution is 6.69. The van der Waals surface area contributed by atoms with E-state index >= 15 is 0 Å². The fourth-order valence-electron chi connectivity index (χ4n) is 10.9. The number of fused-ring (bicyclic) bond motifs is 5. The normalized spacial score (nSPS) is 43.7. The molecule has 6 heteroatoms. The lowest BCUT2D eigenvalue weighted by Gasteiger charge is -2.66. The highest BCUT2D eigenvalue weighted by Gasteiger charge is 2.65. The third-order valence-corrected chi connectivity index (χ3v) is 14.0. The van der Waals surface area contributed by atoms with Crippen molar-refractivity contribution in [3.05, 3.63) is 0 Å². The zero-order valence-corrected chi connectivity index (χ0v) is 28.0. The molecule has 2 amide bonds. The van der Waals surface area contributed by atoms with Gasteiger partial charge in [-0.3, -0.25) is 20.4 Å². The molecule has 0 radical (unpaired) electrons. The Hall–Kier alpha value is -0.883. The van der Waals surface area contributed by atoms with Crippen LogP contribution in [-0.2, 0) is 14.0 Å². The van der Waals surface area contributed by atoms with E-state index in [0.29, 0.717) is 47.0 Å². The summed E-state index contributed by atoms with van der Waals surface area (Å²) in [6.07, 6.45) is 14.5. The van der Waals surface area contributed by atoms with Crippen molar-refractivity contribution in [2.24, 2.45) is 64.1 Å². The lowest BCUT2D eigenvalue weighted by molar-refractivity contribution is -0.193. The maximum absolute atomic E-state index is 12.6. The Labute approximate surface area is 246 Å². The lowest BCUT2D eigenvalue weighted by Crippen LogP contribution is -2.63. The molecule has 5 nitrogen and oxygen atoms in total. The van der Waals surface area contributed by atoms with Gasteiger partial charge in [-0.05, 0) is 136 Å². The number of nitrogens with one attached hydrogen (secondary N) is 2. The monoisotopic (exact) mass is 572 g/mol. The first-order valence-electron chi connectivity index (χ1n) is 17.0. The number of carbonyl (C=O) groups excluding carboxylic acids is 2. The molecule has 40 heavy (non-hydrogen) atoms. The standard InChI is InChI=1S/C34H60N2O3Si/c1-9-24-28-20-21(2)16-18-34(28,5)27-17-19-33(4)25(13-14-26(33)30(27)31(24)39-40(6,7)8)22(3)10-15-29(37)35-36-32(38)23-11-12-23/h21-28,30-31H,9-20H2,1-8H3,(H,35,37)(H,36,38)/t21-,22-,24-,25-,26+,27+,28+,30+,31-,33-,34-/m1/s1. The number of amides is 2. The molecular formula is C34H60N2O3Si. The molecule has 5 aliphatic rings. The summed E-state index contributed by atoms with van der Waals surface area (Å²) >= 11 is 0. The third-order valence-electron chi connectivity index (χ3n) is 13.0. The van der Waals surface area contributed by atoms with Crippen LogP contribution in [0.5, 0.6) is 0 Å². The minimum atomic E-state index is -1.70. The summed E-state index contributed by atoms with van der Waals surface area (Å²) in [6, 6.07) is 0. The van der Waals surface area contributed by atoms with Gasteiger partial charge in [-0.15, -0.1) is 0 Å². The van der Waals surface area contributed by atoms with Crippen LogP contribution in [0, 0.1) is 64.1 Å². The van der Waals surface area contributed by atoms with Crippen LogP contribution in [0.15, 0.2) is 0 Å². The van der Waals surface area contributed by atoms with E-state index in [1.165, 1.54) is 51.4 Å². The van der Waals surface area contributed by atoms with Crippen LogP contribution in [0.1, 0.15) is 112 Å². The zero-order valence-electron chi connectivity index (χ0n) is 27.0. The first-order valence-corrected chi connectivity index (χ1v) is 20.5. The SMILES string of the molecule is CC[C@H]1[C@@H](O[Si](C)(C)C)[C@@H]2[C@H](CC[C@]3(C)[C@@H]([C@H](C)CCC(=O)NNC(=O)C4CC4)CC[C@@H]23)[C@@]2(C)CC[C@@H](C)C[C@@H]12. The Morgan fingerprint density at radius 1 is 0.925 bits per heavy atom. The van der Waals surface area contributed by atoms with Crippen LogP contribution >= 0.6 is 0 Å². The fraction of sp³-hybridized carbons (Fsp3) is 0.941. The molecule has 0 heterocycles. The van der Waals surface area contributed by atoms with E-state index in [1.807, 2.05) is 0 Å². The van der Waals surface area contributed by atoms with E-state index in [4.69, 9.17) is 4.43 Å². The molecule has 0 saturated heterocycles. The molecule has 0 aliphatic heterocycles. The van der Waals surface area contributed by atoms with Crippen molar-refractivity contribution >= 4 is 20.1 Å². The van der Waals surface area contributed by atoms with Gasteiger partial charge in [0.2, 0.25) is 11.8 Å². The molecule has 0 bridgehead atoms. The van der Waals surface area contributed by atoms with Crippen molar-refractivity contribution < 1.29 is 14.0 Å². The molecule has 0 aromatic carbocycles. The average molecular weight is 573 g/mol. The Balaban J connectivity index is 1.33. The quantitative estimate of drug-likeness (QED) is 0.231. The van der Waals surface area contributed by atoms with Crippen LogP contribution in [0.25, 0.3) is 0 Å². The van der Waals surface area contributed by atoms with E-state index in [-0.39, 0.29) is 17.7 Å². The first-order chi connectivity index (χ1) is 18.8. The predicted molar refractivity (Wildman–Crippen MR) is 165 cm³/mol. The van der Waals surface area contributed by atoms with E-state index in [2.05, 4.69) is 65.1 Å². The van der Waals surface area contributed by atoms with E-state index in [9.17, 15) is 9.59 Å². The molecule has 5 saturated carbocycles. The Morgan fingerprint density at radius 2 is 1.60 bits per heavy atom. The van der Waals surface area contributed by atoms with Gasteiger partial charge < -0.3 is 4.43 Å². The van der Waals surface area contributed by atoms with Gasteiger partial charge in [0.15, 0.2) is 8.32 Å². The molecule has 0 unspecified atom stereocenters. The second-order valence-electron chi connectivity index (χ2n) is 16.6. The van der Waals surface area contributed by atoms with Crippen molar-refractivity contribution in [3.63, 3.8) is 0 Å². The molecule has 228 valence electrons. The van der Waals surface area contributed by atoms with Crippen LogP contribution in [0.4, 0.5) is 0 Å². The van der Waals surface area contributed by atoms with E-state index in [0.717, 1.165) is 42.9 Å². The molecule has 0 aromatic rings. The van der Waals surface area contributed by atoms with Gasteiger partial charge in [-0.2, -0.15) is 0 Å². The van der Waals surface area contributed by atoms with Gasteiger partial charge in [-0.25, -0.2) is 0 Å². The number of hydrogen-bond donors (Lipinski definition) is 2. The summed E-state index contributed by atoms with van der Waals surface area (Å²) in [5, 5.41) is 0. The van der Waals surface area contributed by atoms with Gasteiger partial charge in [0.25, 0.3) is 0 Å². The number of carbonyl (C=O) groups is 2. The highest BCUT2D eigenvalue weighted by Crippen LogP contribution is 2.70. The highest BCUT2D eigenvalue weighted by atomic mass is 28.4. The molecule has 5 aliphatic carbocycles. The lowest BCUT2D eigenvalue weighted by atomic mass is 9.41. The van der Waals surface area contributed by atoms with Gasteiger partial charge in [0.1, 0.15) is 0 Å². The molecular weight excluding hydrogens is 512 g/mol. The second kappa shape index (κ2) is 11.3. The molecule has 0 aromatic heterocycles. The van der Waals surface area contributed by atoms with Crippen LogP contribution in [-0.4, -0.2) is 26.2 Å². The molecule has 2 N–H and O–H groups in total. The number of rotatable bonds is 8. The van der Waals surface area contributed by atoms with Crippen LogP contribution < -0.4 is 10.9 Å². The summed E-state index contributed by atoms with van der Waals surface area (Å²) in [7, 11) is -1.70. The molecule has 11 atom stereocenters. The minimum absolute atomic E-state index is 0.0272. The maximum atomic E-state index is 12.6. The van der Waals surface area contributed by atoms with Crippen molar-refractivity contribution in [3.8, 4) is 0 Å². The molecule has 5 rings (SSSR count). The van der Waals surface area contributed by atoms with Crippen LogP contribution in [0.2, 0.25) is 19.6 Å². The van der Waals surface area contributed by atoms with Gasteiger partial charge >= 0.3 is 0 Å². The van der Waals surface area contributed by atoms with Crippen molar-refractivity contribution in [2.75, 3.05) is 0 Å². The third kappa shape index (κ3) is 5.71. The number of hydrazine groups is 1. The fourth-order valence-corrected chi connectivity index (χ4v) is 12.0. The van der Waals surface area contributed by atoms with Gasteiger partial charge in [0.05, 0.1) is 6.10 Å². The summed E-state index contributed by atoms with van der Waals surface area (Å²) in [4.78, 5) is 24.5. The van der Waals surface area contributed by atoms with Gasteiger partial charge in [-0.1, -0.05) is 47.5 Å². The second-order valence-corrected chi connectivity index (χ2v) is 21.1. The zero-order chi connectivity index (χ0) is 29.0. The smallest absolute Gasteiger partial charge is 0.241 e. The van der Waals surface area contributed by atoms with E-state index < -0.39 is 8.32 Å². The van der Waals surface area contributed by atoms with Crippen molar-refractivity contribution in [1.29, 1.82) is 0 Å².